The molecule has 21 heavy (non-hydrogen) atoms. The lowest BCUT2D eigenvalue weighted by Gasteiger charge is -2.33. The number of carbonyl (C=O) groups excluding carboxylic acids is 1. The number of aromatic nitrogens is 1. The molecule has 1 aromatic carbocycles. The molecular weight excluding hydrogens is 306 g/mol. The maximum Gasteiger partial charge on any atom is 0.219 e. The molecule has 2 heterocycles. The van der Waals surface area contributed by atoms with Crippen LogP contribution in [0.15, 0.2) is 12.1 Å². The van der Waals surface area contributed by atoms with E-state index in [2.05, 4.69) is 30.9 Å². The third kappa shape index (κ3) is 2.99. The molecule has 0 unspecified atom stereocenters. The first kappa shape index (κ1) is 16.0. The Labute approximate surface area is 135 Å². The van der Waals surface area contributed by atoms with Crippen LogP contribution in [0.5, 0.6) is 0 Å². The maximum absolute atomic E-state index is 11.4. The molecule has 0 atom stereocenters. The number of piperazine rings is 1. The summed E-state index contributed by atoms with van der Waals surface area (Å²) in [6.45, 7) is 9.23. The summed E-state index contributed by atoms with van der Waals surface area (Å²) in [4.78, 5) is 20.4. The lowest BCUT2D eigenvalue weighted by molar-refractivity contribution is -0.129. The van der Waals surface area contributed by atoms with Gasteiger partial charge in [-0.3, -0.25) is 4.79 Å². The molecule has 114 valence electrons. The third-order valence-electron chi connectivity index (χ3n) is 4.07. The maximum atomic E-state index is 11.4. The molecule has 3 rings (SSSR count). The van der Waals surface area contributed by atoms with Crippen molar-refractivity contribution >= 4 is 45.0 Å². The fraction of sp³-hybridized carbons (Fsp3) is 0.467. The summed E-state index contributed by atoms with van der Waals surface area (Å²) in [7, 11) is 0. The van der Waals surface area contributed by atoms with Gasteiger partial charge in [-0.15, -0.1) is 12.4 Å². The molecule has 2 aromatic rings. The number of anilines is 1. The van der Waals surface area contributed by atoms with Crippen LogP contribution in [0.1, 0.15) is 18.1 Å². The summed E-state index contributed by atoms with van der Waals surface area (Å²) in [5.74, 6) is 0.167. The normalized spacial score (nSPS) is 15.2. The van der Waals surface area contributed by atoms with E-state index in [0.717, 1.165) is 36.8 Å². The fourth-order valence-corrected chi connectivity index (χ4v) is 3.64. The van der Waals surface area contributed by atoms with Crippen molar-refractivity contribution in [2.24, 2.45) is 0 Å². The van der Waals surface area contributed by atoms with Gasteiger partial charge in [0.15, 0.2) is 5.13 Å². The highest BCUT2D eigenvalue weighted by Gasteiger charge is 2.21. The van der Waals surface area contributed by atoms with Crippen LogP contribution in [0.4, 0.5) is 5.13 Å². The summed E-state index contributed by atoms with van der Waals surface area (Å²) in [5.41, 5.74) is 3.68. The highest BCUT2D eigenvalue weighted by molar-refractivity contribution is 7.22. The van der Waals surface area contributed by atoms with Crippen molar-refractivity contribution in [3.63, 3.8) is 0 Å². The van der Waals surface area contributed by atoms with Gasteiger partial charge in [0.05, 0.1) is 10.2 Å². The van der Waals surface area contributed by atoms with E-state index in [-0.39, 0.29) is 18.3 Å². The number of benzene rings is 1. The summed E-state index contributed by atoms with van der Waals surface area (Å²) in [6, 6.07) is 4.32. The van der Waals surface area contributed by atoms with Crippen molar-refractivity contribution in [2.45, 2.75) is 20.8 Å². The second-order valence-electron chi connectivity index (χ2n) is 5.34. The quantitative estimate of drug-likeness (QED) is 0.808. The van der Waals surface area contributed by atoms with E-state index >= 15 is 0 Å². The van der Waals surface area contributed by atoms with E-state index in [1.807, 2.05) is 4.90 Å². The largest absolute Gasteiger partial charge is 0.345 e. The number of hydrogen-bond acceptors (Lipinski definition) is 4. The Kier molecular flexibility index (Phi) is 4.74. The van der Waals surface area contributed by atoms with Crippen LogP contribution >= 0.6 is 23.7 Å². The molecule has 0 radical (unpaired) electrons. The molecule has 6 heteroatoms. The second kappa shape index (κ2) is 6.20. The van der Waals surface area contributed by atoms with Crippen LogP contribution < -0.4 is 4.90 Å². The molecule has 1 aliphatic rings. The van der Waals surface area contributed by atoms with E-state index in [9.17, 15) is 4.79 Å². The molecule has 1 saturated heterocycles. The van der Waals surface area contributed by atoms with Gasteiger partial charge in [0, 0.05) is 33.1 Å². The van der Waals surface area contributed by atoms with Crippen molar-refractivity contribution in [1.29, 1.82) is 0 Å². The average molecular weight is 326 g/mol. The van der Waals surface area contributed by atoms with E-state index < -0.39 is 0 Å². The molecule has 0 aliphatic carbocycles. The van der Waals surface area contributed by atoms with Gasteiger partial charge in [0.1, 0.15) is 0 Å². The van der Waals surface area contributed by atoms with Crippen molar-refractivity contribution in [3.8, 4) is 0 Å². The van der Waals surface area contributed by atoms with E-state index in [1.54, 1.807) is 18.3 Å². The molecule has 0 spiro atoms. The van der Waals surface area contributed by atoms with Crippen molar-refractivity contribution in [3.05, 3.63) is 23.3 Å². The Hall–Kier alpha value is -1.33. The Balaban J connectivity index is 0.00000161. The molecule has 0 bridgehead atoms. The second-order valence-corrected chi connectivity index (χ2v) is 6.35. The lowest BCUT2D eigenvalue weighted by Crippen LogP contribution is -2.48. The minimum atomic E-state index is 0. The Morgan fingerprint density at radius 1 is 1.19 bits per heavy atom. The molecule has 1 fully saturated rings. The van der Waals surface area contributed by atoms with Gasteiger partial charge >= 0.3 is 0 Å². The summed E-state index contributed by atoms with van der Waals surface area (Å²) in [6.07, 6.45) is 0. The summed E-state index contributed by atoms with van der Waals surface area (Å²) >= 11 is 1.75. The van der Waals surface area contributed by atoms with Gasteiger partial charge in [0.2, 0.25) is 5.91 Å². The predicted molar refractivity (Wildman–Crippen MR) is 90.8 cm³/mol. The van der Waals surface area contributed by atoms with Gasteiger partial charge < -0.3 is 9.80 Å². The van der Waals surface area contributed by atoms with Crippen molar-refractivity contribution in [1.82, 2.24) is 9.88 Å². The molecule has 0 saturated carbocycles. The molecule has 4 nitrogen and oxygen atoms in total. The van der Waals surface area contributed by atoms with Crippen LogP contribution in [-0.4, -0.2) is 42.0 Å². The van der Waals surface area contributed by atoms with Crippen LogP contribution in [0, 0.1) is 13.8 Å². The lowest BCUT2D eigenvalue weighted by atomic mass is 10.1. The molecule has 1 aromatic heterocycles. The topological polar surface area (TPSA) is 36.4 Å². The minimum absolute atomic E-state index is 0. The van der Waals surface area contributed by atoms with Crippen LogP contribution in [-0.2, 0) is 4.79 Å². The predicted octanol–water partition coefficient (Wildman–Crippen LogP) is 3.00. The zero-order valence-electron chi connectivity index (χ0n) is 12.5. The van der Waals surface area contributed by atoms with Gasteiger partial charge in [0.25, 0.3) is 0 Å². The molecular formula is C15H20ClN3OS. The van der Waals surface area contributed by atoms with Gasteiger partial charge in [-0.05, 0) is 31.0 Å². The average Bonchev–Trinajstić information content (AvgIpc) is 2.88. The molecule has 0 N–H and O–H groups in total. The number of thiazole rings is 1. The molecule has 1 aliphatic heterocycles. The van der Waals surface area contributed by atoms with Crippen LogP contribution in [0.2, 0.25) is 0 Å². The van der Waals surface area contributed by atoms with Gasteiger partial charge in [-0.1, -0.05) is 17.4 Å². The van der Waals surface area contributed by atoms with Crippen LogP contribution in [0.25, 0.3) is 10.2 Å². The zero-order chi connectivity index (χ0) is 14.3. The number of amides is 1. The smallest absolute Gasteiger partial charge is 0.219 e. The highest BCUT2D eigenvalue weighted by Crippen LogP contribution is 2.32. The zero-order valence-corrected chi connectivity index (χ0v) is 14.2. The number of hydrogen-bond donors (Lipinski definition) is 0. The number of nitrogens with zero attached hydrogens (tertiary/aromatic N) is 3. The first-order valence-electron chi connectivity index (χ1n) is 6.93. The number of rotatable bonds is 1. The van der Waals surface area contributed by atoms with Gasteiger partial charge in [-0.2, -0.15) is 0 Å². The first-order chi connectivity index (χ1) is 9.56. The molecule has 1 amide bonds. The summed E-state index contributed by atoms with van der Waals surface area (Å²) in [5, 5.41) is 1.08. The Bertz CT molecular complexity index is 662. The Morgan fingerprint density at radius 2 is 1.86 bits per heavy atom. The van der Waals surface area contributed by atoms with E-state index in [1.165, 1.54) is 15.8 Å². The van der Waals surface area contributed by atoms with E-state index in [4.69, 9.17) is 4.98 Å². The third-order valence-corrected chi connectivity index (χ3v) is 5.15. The number of aryl methyl sites for hydroxylation is 2. The standard InChI is InChI=1S/C15H19N3OS.ClH/c1-10-4-5-13-14(11(10)2)16-15(20-13)18-8-6-17(7-9-18)12(3)19;/h4-5H,6-9H2,1-3H3;1H. The van der Waals surface area contributed by atoms with Crippen molar-refractivity contribution < 1.29 is 4.79 Å². The van der Waals surface area contributed by atoms with Gasteiger partial charge in [-0.25, -0.2) is 4.98 Å². The highest BCUT2D eigenvalue weighted by atomic mass is 35.5. The fourth-order valence-electron chi connectivity index (χ4n) is 2.56. The number of halogens is 1. The number of fused-ring (bicyclic) bond motifs is 1. The monoisotopic (exact) mass is 325 g/mol. The SMILES string of the molecule is CC(=O)N1CCN(c2nc3c(C)c(C)ccc3s2)CC1.Cl. The number of carbonyl (C=O) groups is 1. The van der Waals surface area contributed by atoms with E-state index in [0.29, 0.717) is 0 Å². The minimum Gasteiger partial charge on any atom is -0.345 e. The van der Waals surface area contributed by atoms with Crippen molar-refractivity contribution in [2.75, 3.05) is 31.1 Å². The Morgan fingerprint density at radius 3 is 2.48 bits per heavy atom. The first-order valence-corrected chi connectivity index (χ1v) is 7.75. The van der Waals surface area contributed by atoms with Crippen LogP contribution in [0.3, 0.4) is 0 Å². The summed E-state index contributed by atoms with van der Waals surface area (Å²) < 4.78 is 1.25.